The second kappa shape index (κ2) is 8.35. The van der Waals surface area contributed by atoms with Crippen molar-refractivity contribution in [2.24, 2.45) is 0 Å². The third-order valence-corrected chi connectivity index (χ3v) is 1.72. The SMILES string of the molecule is [CH2]CCCCCCCS. The lowest BCUT2D eigenvalue weighted by molar-refractivity contribution is 0.640. The number of hydrogen-bond acceptors (Lipinski definition) is 1. The lowest BCUT2D eigenvalue weighted by atomic mass is 10.1. The first-order valence-corrected chi connectivity index (χ1v) is 4.45. The van der Waals surface area contributed by atoms with E-state index in [9.17, 15) is 0 Å². The number of hydrogen-bond donors (Lipinski definition) is 1. The van der Waals surface area contributed by atoms with Gasteiger partial charge in [-0.1, -0.05) is 39.0 Å². The maximum absolute atomic E-state index is 4.13. The molecule has 0 amide bonds. The molecule has 0 unspecified atom stereocenters. The zero-order valence-electron chi connectivity index (χ0n) is 6.10. The minimum Gasteiger partial charge on any atom is -0.179 e. The summed E-state index contributed by atoms with van der Waals surface area (Å²) >= 11 is 4.13. The van der Waals surface area contributed by atoms with Gasteiger partial charge in [0.2, 0.25) is 0 Å². The Balaban J connectivity index is 2.60. The molecule has 0 nitrogen and oxygen atoms in total. The van der Waals surface area contributed by atoms with Gasteiger partial charge >= 0.3 is 0 Å². The van der Waals surface area contributed by atoms with E-state index in [0.717, 1.165) is 12.2 Å². The van der Waals surface area contributed by atoms with Gasteiger partial charge in [-0.2, -0.15) is 12.6 Å². The van der Waals surface area contributed by atoms with Gasteiger partial charge in [0.15, 0.2) is 0 Å². The van der Waals surface area contributed by atoms with E-state index in [1.54, 1.807) is 0 Å². The molecule has 0 aromatic heterocycles. The van der Waals surface area contributed by atoms with Crippen LogP contribution in [-0.4, -0.2) is 5.75 Å². The van der Waals surface area contributed by atoms with Crippen LogP contribution in [0.2, 0.25) is 0 Å². The molecule has 0 N–H and O–H groups in total. The monoisotopic (exact) mass is 145 g/mol. The Morgan fingerprint density at radius 2 is 1.44 bits per heavy atom. The highest BCUT2D eigenvalue weighted by Gasteiger charge is 1.86. The normalized spacial score (nSPS) is 10.0. The fourth-order valence-electron chi connectivity index (χ4n) is 0.819. The van der Waals surface area contributed by atoms with E-state index in [4.69, 9.17) is 0 Å². The zero-order valence-corrected chi connectivity index (χ0v) is 7.00. The van der Waals surface area contributed by atoms with Gasteiger partial charge < -0.3 is 0 Å². The van der Waals surface area contributed by atoms with E-state index in [1.165, 1.54) is 32.1 Å². The highest BCUT2D eigenvalue weighted by Crippen LogP contribution is 2.04. The quantitative estimate of drug-likeness (QED) is 0.431. The maximum Gasteiger partial charge on any atom is -0.00979 e. The summed E-state index contributed by atoms with van der Waals surface area (Å²) in [4.78, 5) is 0. The van der Waals surface area contributed by atoms with Gasteiger partial charge in [0.1, 0.15) is 0 Å². The van der Waals surface area contributed by atoms with Crippen LogP contribution in [0.5, 0.6) is 0 Å². The molecule has 1 heteroatoms. The second-order valence-corrected chi connectivity index (χ2v) is 2.79. The van der Waals surface area contributed by atoms with Crippen LogP contribution in [0, 0.1) is 6.92 Å². The lowest BCUT2D eigenvalue weighted by Crippen LogP contribution is -1.78. The topological polar surface area (TPSA) is 0 Å². The average Bonchev–Trinajstić information content (AvgIpc) is 1.89. The van der Waals surface area contributed by atoms with Gasteiger partial charge in [0.25, 0.3) is 0 Å². The summed E-state index contributed by atoms with van der Waals surface area (Å²) in [5.41, 5.74) is 0. The molecule has 55 valence electrons. The summed E-state index contributed by atoms with van der Waals surface area (Å²) < 4.78 is 0. The molecule has 1 radical (unpaired) electrons. The fourth-order valence-corrected chi connectivity index (χ4v) is 1.04. The Hall–Kier alpha value is 0.350. The van der Waals surface area contributed by atoms with E-state index in [-0.39, 0.29) is 0 Å². The van der Waals surface area contributed by atoms with Gasteiger partial charge in [-0.15, -0.1) is 0 Å². The van der Waals surface area contributed by atoms with Crippen LogP contribution in [0.25, 0.3) is 0 Å². The first kappa shape index (κ1) is 9.35. The van der Waals surface area contributed by atoms with Crippen molar-refractivity contribution < 1.29 is 0 Å². The molecule has 0 aliphatic rings. The molecule has 0 aromatic carbocycles. The molecular formula is C8H17S. The van der Waals surface area contributed by atoms with E-state index in [1.807, 2.05) is 0 Å². The summed E-state index contributed by atoms with van der Waals surface area (Å²) in [6, 6.07) is 0. The number of rotatable bonds is 6. The summed E-state index contributed by atoms with van der Waals surface area (Å²) in [6.45, 7) is 3.79. The van der Waals surface area contributed by atoms with Crippen LogP contribution in [0.15, 0.2) is 0 Å². The fraction of sp³-hybridized carbons (Fsp3) is 0.875. The Bertz CT molecular complexity index is 37.8. The first-order valence-electron chi connectivity index (χ1n) is 3.82. The lowest BCUT2D eigenvalue weighted by Gasteiger charge is -1.95. The van der Waals surface area contributed by atoms with Crippen LogP contribution in [0.3, 0.4) is 0 Å². The first-order chi connectivity index (χ1) is 4.41. The largest absolute Gasteiger partial charge is 0.179 e. The standard InChI is InChI=1S/C8H17S/c1-2-3-4-5-6-7-8-9/h9H,1-8H2. The molecular weight excluding hydrogens is 128 g/mol. The molecule has 0 saturated heterocycles. The average molecular weight is 145 g/mol. The Kier molecular flexibility index (Phi) is 8.67. The maximum atomic E-state index is 4.13. The van der Waals surface area contributed by atoms with Crippen molar-refractivity contribution in [1.29, 1.82) is 0 Å². The molecule has 0 fully saturated rings. The summed E-state index contributed by atoms with van der Waals surface area (Å²) in [6.07, 6.45) is 7.75. The molecule has 0 aromatic rings. The third-order valence-electron chi connectivity index (χ3n) is 1.41. The van der Waals surface area contributed by atoms with Crippen molar-refractivity contribution in [3.8, 4) is 0 Å². The van der Waals surface area contributed by atoms with E-state index in [2.05, 4.69) is 19.6 Å². The van der Waals surface area contributed by atoms with Gasteiger partial charge in [-0.05, 0) is 12.2 Å². The number of thiol groups is 1. The highest BCUT2D eigenvalue weighted by molar-refractivity contribution is 7.80. The van der Waals surface area contributed by atoms with Crippen LogP contribution in [0.4, 0.5) is 0 Å². The highest BCUT2D eigenvalue weighted by atomic mass is 32.1. The molecule has 0 bridgehead atoms. The molecule has 9 heavy (non-hydrogen) atoms. The predicted octanol–water partition coefficient (Wildman–Crippen LogP) is 3.09. The smallest absolute Gasteiger partial charge is 0.00979 e. The Morgan fingerprint density at radius 3 is 2.00 bits per heavy atom. The van der Waals surface area contributed by atoms with Crippen molar-refractivity contribution in [2.45, 2.75) is 38.5 Å². The van der Waals surface area contributed by atoms with Gasteiger partial charge in [0, 0.05) is 0 Å². The van der Waals surface area contributed by atoms with Gasteiger partial charge in [-0.3, -0.25) is 0 Å². The minimum atomic E-state index is 1.05. The summed E-state index contributed by atoms with van der Waals surface area (Å²) in [5, 5.41) is 0. The summed E-state index contributed by atoms with van der Waals surface area (Å²) in [5.74, 6) is 1.05. The van der Waals surface area contributed by atoms with Gasteiger partial charge in [-0.25, -0.2) is 0 Å². The minimum absolute atomic E-state index is 1.05. The van der Waals surface area contributed by atoms with Crippen LogP contribution >= 0.6 is 12.6 Å². The van der Waals surface area contributed by atoms with E-state index >= 15 is 0 Å². The van der Waals surface area contributed by atoms with Crippen LogP contribution < -0.4 is 0 Å². The molecule has 0 spiro atoms. The van der Waals surface area contributed by atoms with Crippen LogP contribution in [-0.2, 0) is 0 Å². The van der Waals surface area contributed by atoms with Gasteiger partial charge in [0.05, 0.1) is 0 Å². The molecule has 0 atom stereocenters. The summed E-state index contributed by atoms with van der Waals surface area (Å²) in [7, 11) is 0. The molecule has 0 aliphatic carbocycles. The predicted molar refractivity (Wildman–Crippen MR) is 46.9 cm³/mol. The third kappa shape index (κ3) is 8.35. The molecule has 0 aliphatic heterocycles. The van der Waals surface area contributed by atoms with Crippen molar-refractivity contribution in [3.05, 3.63) is 6.92 Å². The van der Waals surface area contributed by atoms with Crippen LogP contribution in [0.1, 0.15) is 38.5 Å². The van der Waals surface area contributed by atoms with Crippen molar-refractivity contribution in [1.82, 2.24) is 0 Å². The molecule has 0 heterocycles. The van der Waals surface area contributed by atoms with Crippen molar-refractivity contribution >= 4 is 12.6 Å². The van der Waals surface area contributed by atoms with E-state index in [0.29, 0.717) is 0 Å². The molecule has 0 rings (SSSR count). The second-order valence-electron chi connectivity index (χ2n) is 2.34. The van der Waals surface area contributed by atoms with E-state index < -0.39 is 0 Å². The van der Waals surface area contributed by atoms with Crippen molar-refractivity contribution in [3.63, 3.8) is 0 Å². The van der Waals surface area contributed by atoms with Crippen molar-refractivity contribution in [2.75, 3.05) is 5.75 Å². The molecule has 0 saturated carbocycles. The number of unbranched alkanes of at least 4 members (excludes halogenated alkanes) is 5. The Labute approximate surface area is 64.4 Å². The zero-order chi connectivity index (χ0) is 6.95. The Morgan fingerprint density at radius 1 is 0.889 bits per heavy atom.